The molecular weight excluding hydrogens is 304 g/mol. The summed E-state index contributed by atoms with van der Waals surface area (Å²) in [6.07, 6.45) is 1.61. The van der Waals surface area contributed by atoms with E-state index in [1.54, 1.807) is 15.7 Å². The molecule has 1 amide bonds. The van der Waals surface area contributed by atoms with Gasteiger partial charge < -0.3 is 0 Å². The zero-order valence-electron chi connectivity index (χ0n) is 14.0. The Morgan fingerprint density at radius 2 is 1.88 bits per heavy atom. The van der Waals surface area contributed by atoms with E-state index in [2.05, 4.69) is 51.7 Å². The molecule has 7 heteroatoms. The van der Waals surface area contributed by atoms with Gasteiger partial charge in [-0.05, 0) is 32.4 Å². The molecule has 2 heterocycles. The molecule has 0 aliphatic carbocycles. The molecule has 1 N–H and O–H groups in total. The Bertz CT molecular complexity index is 846. The highest BCUT2D eigenvalue weighted by Crippen LogP contribution is 2.06. The molecule has 0 unspecified atom stereocenters. The van der Waals surface area contributed by atoms with Gasteiger partial charge in [0.1, 0.15) is 12.9 Å². The van der Waals surface area contributed by atoms with E-state index < -0.39 is 0 Å². The molecule has 0 spiro atoms. The Morgan fingerprint density at radius 1 is 1.12 bits per heavy atom. The first kappa shape index (κ1) is 15.9. The van der Waals surface area contributed by atoms with Gasteiger partial charge >= 0.3 is 0 Å². The fourth-order valence-corrected chi connectivity index (χ4v) is 2.44. The predicted octanol–water partition coefficient (Wildman–Crippen LogP) is 2.09. The lowest BCUT2D eigenvalue weighted by molar-refractivity contribution is -0.117. The van der Waals surface area contributed by atoms with Gasteiger partial charge in [-0.3, -0.25) is 14.8 Å². The van der Waals surface area contributed by atoms with Crippen molar-refractivity contribution in [3.8, 4) is 0 Å². The van der Waals surface area contributed by atoms with Crippen LogP contribution in [0.2, 0.25) is 0 Å². The Morgan fingerprint density at radius 3 is 2.54 bits per heavy atom. The number of hydrogen-bond donors (Lipinski definition) is 1. The van der Waals surface area contributed by atoms with Crippen molar-refractivity contribution in [3.05, 3.63) is 59.2 Å². The number of nitrogens with zero attached hydrogens (tertiary/aromatic N) is 5. The van der Waals surface area contributed by atoms with Crippen LogP contribution in [-0.2, 0) is 17.9 Å². The van der Waals surface area contributed by atoms with Crippen LogP contribution in [-0.4, -0.2) is 30.5 Å². The van der Waals surface area contributed by atoms with Gasteiger partial charge in [-0.1, -0.05) is 29.8 Å². The van der Waals surface area contributed by atoms with Crippen molar-refractivity contribution >= 4 is 11.9 Å². The van der Waals surface area contributed by atoms with Crippen molar-refractivity contribution in [2.45, 2.75) is 33.9 Å². The number of aryl methyl sites for hydroxylation is 3. The number of nitrogens with one attached hydrogen (secondary N) is 1. The first-order valence-electron chi connectivity index (χ1n) is 7.75. The zero-order valence-corrected chi connectivity index (χ0v) is 14.0. The summed E-state index contributed by atoms with van der Waals surface area (Å²) < 4.78 is 3.36. The van der Waals surface area contributed by atoms with Crippen LogP contribution >= 0.6 is 0 Å². The van der Waals surface area contributed by atoms with E-state index in [1.165, 1.54) is 5.56 Å². The van der Waals surface area contributed by atoms with Gasteiger partial charge in [0.15, 0.2) is 0 Å². The number of anilines is 1. The molecule has 0 aliphatic rings. The lowest BCUT2D eigenvalue weighted by Crippen LogP contribution is -2.21. The number of rotatable bonds is 5. The normalized spacial score (nSPS) is 10.8. The molecule has 24 heavy (non-hydrogen) atoms. The Labute approximate surface area is 140 Å². The van der Waals surface area contributed by atoms with Gasteiger partial charge in [-0.25, -0.2) is 9.67 Å². The van der Waals surface area contributed by atoms with Crippen LogP contribution in [0.3, 0.4) is 0 Å². The van der Waals surface area contributed by atoms with E-state index in [0.717, 1.165) is 17.0 Å². The second-order valence-electron chi connectivity index (χ2n) is 5.88. The summed E-state index contributed by atoms with van der Waals surface area (Å²) >= 11 is 0. The number of benzene rings is 1. The number of amides is 1. The smallest absolute Gasteiger partial charge is 0.248 e. The third-order valence-electron chi connectivity index (χ3n) is 3.65. The van der Waals surface area contributed by atoms with Crippen LogP contribution in [0.25, 0.3) is 0 Å². The van der Waals surface area contributed by atoms with E-state index in [-0.39, 0.29) is 12.5 Å². The van der Waals surface area contributed by atoms with Crippen LogP contribution in [0.1, 0.15) is 22.5 Å². The lowest BCUT2D eigenvalue weighted by atomic mass is 10.1. The maximum atomic E-state index is 12.1. The third-order valence-corrected chi connectivity index (χ3v) is 3.65. The summed E-state index contributed by atoms with van der Waals surface area (Å²) in [5, 5.41) is 11.3. The molecule has 3 aromatic rings. The maximum absolute atomic E-state index is 12.1. The average Bonchev–Trinajstić information content (AvgIpc) is 3.08. The molecule has 0 saturated heterocycles. The summed E-state index contributed by atoms with van der Waals surface area (Å²) in [6, 6.07) is 10.2. The fraction of sp³-hybridized carbons (Fsp3) is 0.294. The molecule has 0 radical (unpaired) electrons. The van der Waals surface area contributed by atoms with E-state index in [9.17, 15) is 4.79 Å². The van der Waals surface area contributed by atoms with E-state index in [1.807, 2.05) is 19.9 Å². The highest BCUT2D eigenvalue weighted by Gasteiger charge is 2.10. The Hall–Kier alpha value is -2.96. The van der Waals surface area contributed by atoms with Crippen molar-refractivity contribution in [1.82, 2.24) is 24.5 Å². The van der Waals surface area contributed by atoms with E-state index in [0.29, 0.717) is 12.5 Å². The highest BCUT2D eigenvalue weighted by atomic mass is 16.2. The minimum absolute atomic E-state index is 0.145. The van der Waals surface area contributed by atoms with E-state index >= 15 is 0 Å². The first-order valence-corrected chi connectivity index (χ1v) is 7.75. The standard InChI is InChI=1S/C17H20N6O/c1-12-4-6-15(7-5-12)9-22-11-18-17(21-22)19-16(24)10-23-14(3)8-13(2)20-23/h4-8,11H,9-10H2,1-3H3,(H,19,21,24). The van der Waals surface area contributed by atoms with Gasteiger partial charge in [-0.2, -0.15) is 5.10 Å². The van der Waals surface area contributed by atoms with Crippen molar-refractivity contribution in [1.29, 1.82) is 0 Å². The summed E-state index contributed by atoms with van der Waals surface area (Å²) in [4.78, 5) is 16.2. The number of hydrogen-bond acceptors (Lipinski definition) is 4. The summed E-state index contributed by atoms with van der Waals surface area (Å²) in [6.45, 7) is 6.63. The Balaban J connectivity index is 1.60. The second kappa shape index (κ2) is 6.66. The van der Waals surface area contributed by atoms with E-state index in [4.69, 9.17) is 0 Å². The molecule has 0 saturated carbocycles. The fourth-order valence-electron chi connectivity index (χ4n) is 2.44. The number of carbonyl (C=O) groups is 1. The molecule has 0 bridgehead atoms. The van der Waals surface area contributed by atoms with Gasteiger partial charge in [0.25, 0.3) is 0 Å². The molecule has 2 aromatic heterocycles. The second-order valence-corrected chi connectivity index (χ2v) is 5.88. The van der Waals surface area contributed by atoms with Crippen LogP contribution in [0, 0.1) is 20.8 Å². The molecule has 3 rings (SSSR count). The quantitative estimate of drug-likeness (QED) is 0.779. The first-order chi connectivity index (χ1) is 11.5. The topological polar surface area (TPSA) is 77.6 Å². The van der Waals surface area contributed by atoms with Crippen LogP contribution < -0.4 is 5.32 Å². The summed E-state index contributed by atoms with van der Waals surface area (Å²) in [5.74, 6) is 0.0999. The van der Waals surface area contributed by atoms with Gasteiger partial charge in [0.2, 0.25) is 11.9 Å². The zero-order chi connectivity index (χ0) is 17.1. The molecular formula is C17H20N6O. The van der Waals surface area contributed by atoms with Gasteiger partial charge in [-0.15, -0.1) is 5.10 Å². The van der Waals surface area contributed by atoms with Gasteiger partial charge in [0, 0.05) is 5.69 Å². The maximum Gasteiger partial charge on any atom is 0.248 e. The van der Waals surface area contributed by atoms with Crippen LogP contribution in [0.4, 0.5) is 5.95 Å². The van der Waals surface area contributed by atoms with Crippen molar-refractivity contribution in [3.63, 3.8) is 0 Å². The molecule has 1 aromatic carbocycles. The van der Waals surface area contributed by atoms with Gasteiger partial charge in [0.05, 0.1) is 12.2 Å². The largest absolute Gasteiger partial charge is 0.292 e. The number of carbonyl (C=O) groups excluding carboxylic acids is 1. The SMILES string of the molecule is Cc1ccc(Cn2cnc(NC(=O)Cn3nc(C)cc3C)n2)cc1. The van der Waals surface area contributed by atoms with Crippen LogP contribution in [0.5, 0.6) is 0 Å². The predicted molar refractivity (Wildman–Crippen MR) is 90.6 cm³/mol. The lowest BCUT2D eigenvalue weighted by Gasteiger charge is -2.04. The molecule has 7 nitrogen and oxygen atoms in total. The third kappa shape index (κ3) is 3.87. The highest BCUT2D eigenvalue weighted by molar-refractivity contribution is 5.88. The molecule has 0 aliphatic heterocycles. The van der Waals surface area contributed by atoms with Crippen molar-refractivity contribution < 1.29 is 4.79 Å². The summed E-state index contributed by atoms with van der Waals surface area (Å²) in [5.41, 5.74) is 4.18. The van der Waals surface area contributed by atoms with Crippen molar-refractivity contribution in [2.75, 3.05) is 5.32 Å². The monoisotopic (exact) mass is 324 g/mol. The molecule has 124 valence electrons. The number of aromatic nitrogens is 5. The summed E-state index contributed by atoms with van der Waals surface area (Å²) in [7, 11) is 0. The average molecular weight is 324 g/mol. The molecule has 0 atom stereocenters. The Kier molecular flexibility index (Phi) is 4.41. The van der Waals surface area contributed by atoms with Crippen LogP contribution in [0.15, 0.2) is 36.7 Å². The van der Waals surface area contributed by atoms with Crippen molar-refractivity contribution in [2.24, 2.45) is 0 Å². The molecule has 0 fully saturated rings. The minimum Gasteiger partial charge on any atom is -0.292 e. The minimum atomic E-state index is -0.200.